The van der Waals surface area contributed by atoms with Crippen LogP contribution in [-0.2, 0) is 0 Å². The van der Waals surface area contributed by atoms with Crippen molar-refractivity contribution in [3.05, 3.63) is 48.0 Å². The minimum atomic E-state index is 0.508. The number of benzene rings is 1. The second-order valence-electron chi connectivity index (χ2n) is 2.21. The number of allylic oxidation sites excluding steroid dienone is 2. The van der Waals surface area contributed by atoms with Crippen LogP contribution in [0.2, 0.25) is 0 Å². The fourth-order valence-electron chi connectivity index (χ4n) is 0.845. The van der Waals surface area contributed by atoms with Crippen molar-refractivity contribution in [3.8, 4) is 0 Å². The molecule has 0 fully saturated rings. The highest BCUT2D eigenvalue weighted by atomic mass is 14.4. The molecule has 55 valence electrons. The maximum absolute atomic E-state index is 7.51. The fourth-order valence-corrected chi connectivity index (χ4v) is 0.845. The van der Waals surface area contributed by atoms with E-state index in [0.717, 1.165) is 5.56 Å². The Morgan fingerprint density at radius 2 is 2.00 bits per heavy atom. The molecule has 11 heavy (non-hydrogen) atoms. The van der Waals surface area contributed by atoms with Gasteiger partial charge >= 0.3 is 0 Å². The smallest absolute Gasteiger partial charge is 0.0614 e. The van der Waals surface area contributed by atoms with E-state index in [9.17, 15) is 0 Å². The monoisotopic (exact) mass is 144 g/mol. The van der Waals surface area contributed by atoms with Crippen molar-refractivity contribution in [2.24, 2.45) is 0 Å². The van der Waals surface area contributed by atoms with Gasteiger partial charge in [-0.2, -0.15) is 0 Å². The van der Waals surface area contributed by atoms with Crippen LogP contribution >= 0.6 is 0 Å². The summed E-state index contributed by atoms with van der Waals surface area (Å²) in [7, 11) is 0. The largest absolute Gasteiger partial charge is 0.300 e. The van der Waals surface area contributed by atoms with Gasteiger partial charge in [0.1, 0.15) is 0 Å². The van der Waals surface area contributed by atoms with Crippen molar-refractivity contribution >= 4 is 5.71 Å². The summed E-state index contributed by atoms with van der Waals surface area (Å²) < 4.78 is 0. The Balaban J connectivity index is 2.86. The van der Waals surface area contributed by atoms with E-state index in [1.54, 1.807) is 13.0 Å². The summed E-state index contributed by atoms with van der Waals surface area (Å²) >= 11 is 0. The lowest BCUT2D eigenvalue weighted by Crippen LogP contribution is -1.92. The summed E-state index contributed by atoms with van der Waals surface area (Å²) in [5, 5.41) is 7.51. The van der Waals surface area contributed by atoms with Crippen LogP contribution in [0.3, 0.4) is 0 Å². The first-order valence-electron chi connectivity index (χ1n) is 3.49. The first-order chi connectivity index (χ1) is 5.34. The van der Waals surface area contributed by atoms with Gasteiger partial charge in [-0.25, -0.2) is 0 Å². The van der Waals surface area contributed by atoms with E-state index < -0.39 is 0 Å². The maximum Gasteiger partial charge on any atom is 0.0614 e. The predicted molar refractivity (Wildman–Crippen MR) is 46.8 cm³/mol. The van der Waals surface area contributed by atoms with Gasteiger partial charge in [0.25, 0.3) is 0 Å². The number of rotatable bonds is 2. The highest BCUT2D eigenvalue weighted by Crippen LogP contribution is 1.99. The third-order valence-electron chi connectivity index (χ3n) is 1.37. The lowest BCUT2D eigenvalue weighted by molar-refractivity contribution is 1.48. The third-order valence-corrected chi connectivity index (χ3v) is 1.37. The van der Waals surface area contributed by atoms with Gasteiger partial charge in [0.15, 0.2) is 0 Å². The van der Waals surface area contributed by atoms with E-state index in [0.29, 0.717) is 5.71 Å². The molecule has 0 spiro atoms. The average Bonchev–Trinajstić information content (AvgIpc) is 2.07. The molecular weight excluding hydrogens is 134 g/mol. The quantitative estimate of drug-likeness (QED) is 0.616. The number of hydrogen-bond acceptors (Lipinski definition) is 1. The number of nitrogens with one attached hydrogen (secondary N) is 1. The van der Waals surface area contributed by atoms with Gasteiger partial charge in [0.2, 0.25) is 0 Å². The van der Waals surface area contributed by atoms with Crippen LogP contribution in [0, 0.1) is 11.5 Å². The van der Waals surface area contributed by atoms with Crippen molar-refractivity contribution < 1.29 is 0 Å². The minimum Gasteiger partial charge on any atom is -0.300 e. The van der Waals surface area contributed by atoms with Gasteiger partial charge < -0.3 is 5.41 Å². The SMILES string of the molecule is C[C]=CC(=N)c1ccccc1. The van der Waals surface area contributed by atoms with E-state index in [1.807, 2.05) is 30.3 Å². The molecule has 0 aromatic heterocycles. The lowest BCUT2D eigenvalue weighted by Gasteiger charge is -1.95. The lowest BCUT2D eigenvalue weighted by atomic mass is 10.1. The van der Waals surface area contributed by atoms with Crippen molar-refractivity contribution in [3.63, 3.8) is 0 Å². The molecule has 0 saturated heterocycles. The van der Waals surface area contributed by atoms with Crippen molar-refractivity contribution in [2.75, 3.05) is 0 Å². The molecule has 1 rings (SSSR count). The molecule has 0 unspecified atom stereocenters. The van der Waals surface area contributed by atoms with Gasteiger partial charge in [-0.05, 0) is 24.6 Å². The molecule has 0 aliphatic carbocycles. The van der Waals surface area contributed by atoms with Crippen molar-refractivity contribution in [1.82, 2.24) is 0 Å². The van der Waals surface area contributed by atoms with Crippen LogP contribution in [-0.4, -0.2) is 5.71 Å². The number of hydrogen-bond donors (Lipinski definition) is 1. The summed E-state index contributed by atoms with van der Waals surface area (Å²) in [6, 6.07) is 9.61. The molecule has 1 aromatic rings. The molecular formula is C10H10N. The second-order valence-corrected chi connectivity index (χ2v) is 2.21. The van der Waals surface area contributed by atoms with E-state index in [2.05, 4.69) is 6.08 Å². The molecule has 0 atom stereocenters. The van der Waals surface area contributed by atoms with Gasteiger partial charge in [-0.15, -0.1) is 0 Å². The summed E-state index contributed by atoms with van der Waals surface area (Å²) in [6.07, 6.45) is 4.48. The molecule has 1 radical (unpaired) electrons. The van der Waals surface area contributed by atoms with Gasteiger partial charge in [0, 0.05) is 0 Å². The first-order valence-corrected chi connectivity index (χ1v) is 3.49. The molecule has 0 saturated carbocycles. The van der Waals surface area contributed by atoms with Crippen LogP contribution < -0.4 is 0 Å². The van der Waals surface area contributed by atoms with E-state index >= 15 is 0 Å². The zero-order valence-electron chi connectivity index (χ0n) is 6.46. The third kappa shape index (κ3) is 2.04. The molecule has 1 N–H and O–H groups in total. The summed E-state index contributed by atoms with van der Waals surface area (Å²) in [4.78, 5) is 0. The van der Waals surface area contributed by atoms with Gasteiger partial charge in [-0.3, -0.25) is 0 Å². The van der Waals surface area contributed by atoms with E-state index in [1.165, 1.54) is 0 Å². The van der Waals surface area contributed by atoms with E-state index in [4.69, 9.17) is 5.41 Å². The Kier molecular flexibility index (Phi) is 2.61. The van der Waals surface area contributed by atoms with Crippen molar-refractivity contribution in [2.45, 2.75) is 6.92 Å². The zero-order chi connectivity index (χ0) is 8.10. The van der Waals surface area contributed by atoms with Crippen LogP contribution in [0.15, 0.2) is 36.4 Å². The summed E-state index contributed by atoms with van der Waals surface area (Å²) in [5.41, 5.74) is 1.44. The Bertz CT molecular complexity index is 259. The average molecular weight is 144 g/mol. The van der Waals surface area contributed by atoms with Crippen LogP contribution in [0.4, 0.5) is 0 Å². The maximum atomic E-state index is 7.51. The second kappa shape index (κ2) is 3.71. The first kappa shape index (κ1) is 7.73. The van der Waals surface area contributed by atoms with E-state index in [-0.39, 0.29) is 0 Å². The van der Waals surface area contributed by atoms with Gasteiger partial charge in [-0.1, -0.05) is 30.3 Å². The highest BCUT2D eigenvalue weighted by Gasteiger charge is 1.92. The fraction of sp³-hybridized carbons (Fsp3) is 0.100. The zero-order valence-corrected chi connectivity index (χ0v) is 6.46. The summed E-state index contributed by atoms with van der Waals surface area (Å²) in [5.74, 6) is 0. The Morgan fingerprint density at radius 1 is 1.36 bits per heavy atom. The molecule has 1 nitrogen and oxygen atoms in total. The molecule has 1 aromatic carbocycles. The Labute approximate surface area is 66.9 Å². The molecule has 0 aliphatic heterocycles. The van der Waals surface area contributed by atoms with Crippen LogP contribution in [0.1, 0.15) is 12.5 Å². The molecule has 0 heterocycles. The standard InChI is InChI=1S/C10H10N/c1-2-6-10(11)9-7-4-3-5-8-9/h3-8,11H,1H3. The molecule has 0 aliphatic rings. The Hall–Kier alpha value is -1.37. The minimum absolute atomic E-state index is 0.508. The topological polar surface area (TPSA) is 23.9 Å². The van der Waals surface area contributed by atoms with Crippen molar-refractivity contribution in [1.29, 1.82) is 5.41 Å². The normalized spacial score (nSPS) is 10.3. The molecule has 0 amide bonds. The highest BCUT2D eigenvalue weighted by molar-refractivity contribution is 6.06. The predicted octanol–water partition coefficient (Wildman–Crippen LogP) is 2.43. The van der Waals surface area contributed by atoms with Crippen LogP contribution in [0.25, 0.3) is 0 Å². The van der Waals surface area contributed by atoms with Gasteiger partial charge in [0.05, 0.1) is 5.71 Å². The Morgan fingerprint density at radius 3 is 2.55 bits per heavy atom. The molecule has 1 heteroatoms. The summed E-state index contributed by atoms with van der Waals surface area (Å²) in [6.45, 7) is 1.79. The van der Waals surface area contributed by atoms with Crippen LogP contribution in [0.5, 0.6) is 0 Å². The molecule has 0 bridgehead atoms.